The second-order valence-electron chi connectivity index (χ2n) is 7.28. The van der Waals surface area contributed by atoms with Gasteiger partial charge in [0.05, 0.1) is 12.4 Å². The number of hydrogen-bond acceptors (Lipinski definition) is 4. The van der Waals surface area contributed by atoms with Crippen LogP contribution >= 0.6 is 0 Å². The van der Waals surface area contributed by atoms with Gasteiger partial charge in [-0.05, 0) is 30.7 Å². The van der Waals surface area contributed by atoms with Crippen LogP contribution in [0.25, 0.3) is 11.4 Å². The van der Waals surface area contributed by atoms with Gasteiger partial charge >= 0.3 is 5.97 Å². The van der Waals surface area contributed by atoms with Gasteiger partial charge in [0, 0.05) is 12.0 Å². The number of aryl methyl sites for hydroxylation is 1. The average Bonchev–Trinajstić information content (AvgIpc) is 2.70. The summed E-state index contributed by atoms with van der Waals surface area (Å²) < 4.78 is 5.32. The molecule has 0 spiro atoms. The van der Waals surface area contributed by atoms with Crippen LogP contribution in [0, 0.1) is 5.92 Å². The molecule has 0 amide bonds. The number of benzene rings is 1. The largest absolute Gasteiger partial charge is 0.423 e. The van der Waals surface area contributed by atoms with Crippen molar-refractivity contribution in [2.75, 3.05) is 0 Å². The maximum absolute atomic E-state index is 11.9. The SMILES string of the molecule is CCCCCCc1ccc(-c2ncc(OC(=O)CCC(C)CC)cn2)cc1. The van der Waals surface area contributed by atoms with Crippen LogP contribution in [0.4, 0.5) is 0 Å². The Labute approximate surface area is 163 Å². The van der Waals surface area contributed by atoms with E-state index in [0.717, 1.165) is 24.8 Å². The van der Waals surface area contributed by atoms with Gasteiger partial charge in [-0.25, -0.2) is 9.97 Å². The van der Waals surface area contributed by atoms with Crippen LogP contribution in [0.2, 0.25) is 0 Å². The Morgan fingerprint density at radius 3 is 2.37 bits per heavy atom. The number of ether oxygens (including phenoxy) is 1. The third kappa shape index (κ3) is 7.49. The quantitative estimate of drug-likeness (QED) is 0.361. The minimum absolute atomic E-state index is 0.223. The molecule has 0 fully saturated rings. The molecule has 2 rings (SSSR count). The summed E-state index contributed by atoms with van der Waals surface area (Å²) in [6, 6.07) is 8.41. The van der Waals surface area contributed by atoms with Gasteiger partial charge in [-0.2, -0.15) is 0 Å². The zero-order chi connectivity index (χ0) is 19.5. The third-order valence-electron chi connectivity index (χ3n) is 4.93. The zero-order valence-corrected chi connectivity index (χ0v) is 16.9. The number of aromatic nitrogens is 2. The van der Waals surface area contributed by atoms with Crippen molar-refractivity contribution in [1.29, 1.82) is 0 Å². The molecule has 0 aliphatic rings. The summed E-state index contributed by atoms with van der Waals surface area (Å²) in [7, 11) is 0. The van der Waals surface area contributed by atoms with Gasteiger partial charge in [0.25, 0.3) is 0 Å². The fraction of sp³-hybridized carbons (Fsp3) is 0.522. The van der Waals surface area contributed by atoms with Gasteiger partial charge in [-0.15, -0.1) is 0 Å². The van der Waals surface area contributed by atoms with Crippen LogP contribution < -0.4 is 4.74 Å². The van der Waals surface area contributed by atoms with Crippen molar-refractivity contribution >= 4 is 5.97 Å². The summed E-state index contributed by atoms with van der Waals surface area (Å²) >= 11 is 0. The van der Waals surface area contributed by atoms with Gasteiger partial charge in [0.2, 0.25) is 0 Å². The smallest absolute Gasteiger partial charge is 0.311 e. The van der Waals surface area contributed by atoms with Crippen molar-refractivity contribution < 1.29 is 9.53 Å². The molecule has 0 aliphatic carbocycles. The lowest BCUT2D eigenvalue weighted by Crippen LogP contribution is -2.10. The first-order valence-corrected chi connectivity index (χ1v) is 10.2. The Morgan fingerprint density at radius 2 is 1.74 bits per heavy atom. The van der Waals surface area contributed by atoms with E-state index in [1.807, 2.05) is 0 Å². The molecule has 2 aromatic rings. The molecule has 4 heteroatoms. The van der Waals surface area contributed by atoms with E-state index in [-0.39, 0.29) is 5.97 Å². The second-order valence-corrected chi connectivity index (χ2v) is 7.28. The molecule has 4 nitrogen and oxygen atoms in total. The fourth-order valence-corrected chi connectivity index (χ4v) is 2.85. The van der Waals surface area contributed by atoms with E-state index in [2.05, 4.69) is 55.0 Å². The van der Waals surface area contributed by atoms with E-state index in [1.54, 1.807) is 12.4 Å². The first kappa shape index (κ1) is 21.1. The summed E-state index contributed by atoms with van der Waals surface area (Å²) in [6.45, 7) is 6.50. The number of nitrogens with zero attached hydrogens (tertiary/aromatic N) is 2. The van der Waals surface area contributed by atoms with E-state index in [4.69, 9.17) is 4.74 Å². The van der Waals surface area contributed by atoms with Gasteiger partial charge in [-0.1, -0.05) is 70.7 Å². The normalized spacial score (nSPS) is 12.0. The first-order chi connectivity index (χ1) is 13.1. The molecule has 0 N–H and O–H groups in total. The van der Waals surface area contributed by atoms with E-state index < -0.39 is 0 Å². The molecule has 146 valence electrons. The van der Waals surface area contributed by atoms with Crippen molar-refractivity contribution in [3.63, 3.8) is 0 Å². The first-order valence-electron chi connectivity index (χ1n) is 10.2. The molecule has 0 saturated heterocycles. The van der Waals surface area contributed by atoms with Crippen LogP contribution in [-0.4, -0.2) is 15.9 Å². The summed E-state index contributed by atoms with van der Waals surface area (Å²) in [5.41, 5.74) is 2.32. The van der Waals surface area contributed by atoms with Crippen LogP contribution in [-0.2, 0) is 11.2 Å². The molecular formula is C23H32N2O2. The Kier molecular flexibility index (Phi) is 8.96. The highest BCUT2D eigenvalue weighted by Crippen LogP contribution is 2.19. The van der Waals surface area contributed by atoms with Crippen molar-refractivity contribution in [2.24, 2.45) is 5.92 Å². The van der Waals surface area contributed by atoms with Crippen molar-refractivity contribution in [2.45, 2.75) is 72.1 Å². The van der Waals surface area contributed by atoms with Crippen molar-refractivity contribution in [1.82, 2.24) is 9.97 Å². The van der Waals surface area contributed by atoms with Crippen LogP contribution in [0.1, 0.15) is 71.3 Å². The highest BCUT2D eigenvalue weighted by atomic mass is 16.5. The Balaban J connectivity index is 1.86. The maximum Gasteiger partial charge on any atom is 0.311 e. The molecule has 0 saturated carbocycles. The second kappa shape index (κ2) is 11.5. The molecule has 1 unspecified atom stereocenters. The Bertz CT molecular complexity index is 681. The fourth-order valence-electron chi connectivity index (χ4n) is 2.85. The lowest BCUT2D eigenvalue weighted by molar-refractivity contribution is -0.134. The number of carbonyl (C=O) groups excluding carboxylic acids is 1. The number of esters is 1. The predicted octanol–water partition coefficient (Wildman–Crippen LogP) is 6.00. The van der Waals surface area contributed by atoms with Crippen molar-refractivity contribution in [3.8, 4) is 17.1 Å². The number of carbonyl (C=O) groups is 1. The van der Waals surface area contributed by atoms with Gasteiger partial charge in [0.15, 0.2) is 11.6 Å². The maximum atomic E-state index is 11.9. The molecular weight excluding hydrogens is 336 g/mol. The molecule has 1 atom stereocenters. The topological polar surface area (TPSA) is 52.1 Å². The number of hydrogen-bond donors (Lipinski definition) is 0. The summed E-state index contributed by atoms with van der Waals surface area (Å²) in [5, 5.41) is 0. The lowest BCUT2D eigenvalue weighted by atomic mass is 10.0. The molecule has 27 heavy (non-hydrogen) atoms. The Morgan fingerprint density at radius 1 is 1.04 bits per heavy atom. The average molecular weight is 369 g/mol. The Hall–Kier alpha value is -2.23. The molecule has 0 bridgehead atoms. The molecule has 0 radical (unpaired) electrons. The monoisotopic (exact) mass is 368 g/mol. The lowest BCUT2D eigenvalue weighted by Gasteiger charge is -2.08. The summed E-state index contributed by atoms with van der Waals surface area (Å²) in [5.74, 6) is 1.36. The summed E-state index contributed by atoms with van der Waals surface area (Å²) in [4.78, 5) is 20.6. The summed E-state index contributed by atoms with van der Waals surface area (Å²) in [6.07, 6.45) is 11.7. The van der Waals surface area contributed by atoms with Gasteiger partial charge in [0.1, 0.15) is 0 Å². The van der Waals surface area contributed by atoms with Gasteiger partial charge < -0.3 is 4.74 Å². The van der Waals surface area contributed by atoms with Crippen LogP contribution in [0.5, 0.6) is 5.75 Å². The molecule has 1 heterocycles. The highest BCUT2D eigenvalue weighted by Gasteiger charge is 2.09. The third-order valence-corrected chi connectivity index (χ3v) is 4.93. The highest BCUT2D eigenvalue weighted by molar-refractivity contribution is 5.72. The van der Waals surface area contributed by atoms with E-state index in [9.17, 15) is 4.79 Å². The van der Waals surface area contributed by atoms with E-state index in [0.29, 0.717) is 23.9 Å². The zero-order valence-electron chi connectivity index (χ0n) is 16.9. The standard InChI is InChI=1S/C23H32N2O2/c1-4-6-7-8-9-19-11-13-20(14-12-19)23-24-16-21(17-25-23)27-22(26)15-10-18(3)5-2/h11-14,16-18H,4-10,15H2,1-3H3. The molecule has 1 aromatic heterocycles. The molecule has 0 aliphatic heterocycles. The van der Waals surface area contributed by atoms with E-state index >= 15 is 0 Å². The number of rotatable bonds is 11. The van der Waals surface area contributed by atoms with Crippen molar-refractivity contribution in [3.05, 3.63) is 42.2 Å². The minimum Gasteiger partial charge on any atom is -0.423 e. The van der Waals surface area contributed by atoms with Crippen LogP contribution in [0.3, 0.4) is 0 Å². The molecule has 1 aromatic carbocycles. The predicted molar refractivity (Wildman–Crippen MR) is 110 cm³/mol. The van der Waals surface area contributed by atoms with Gasteiger partial charge in [-0.3, -0.25) is 4.79 Å². The van der Waals surface area contributed by atoms with E-state index in [1.165, 1.54) is 31.2 Å². The van der Waals surface area contributed by atoms with Crippen LogP contribution in [0.15, 0.2) is 36.7 Å². The minimum atomic E-state index is -0.223. The number of unbranched alkanes of at least 4 members (excludes halogenated alkanes) is 3.